The molecule has 1 aromatic carbocycles. The van der Waals surface area contributed by atoms with Crippen LogP contribution in [0.3, 0.4) is 0 Å². The number of phenols is 1. The second-order valence-corrected chi connectivity index (χ2v) is 10.5. The molecule has 1 fully saturated rings. The lowest BCUT2D eigenvalue weighted by molar-refractivity contribution is -0.139. The van der Waals surface area contributed by atoms with E-state index in [0.717, 1.165) is 43.7 Å². The molecule has 2 heterocycles. The average molecular weight is 551 g/mol. The fraction of sp³-hybridized carbons (Fsp3) is 0.462. The Hall–Kier alpha value is -3.11. The van der Waals surface area contributed by atoms with Crippen molar-refractivity contribution in [3.63, 3.8) is 0 Å². The fourth-order valence-electron chi connectivity index (χ4n) is 4.18. The topological polar surface area (TPSA) is 155 Å². The van der Waals surface area contributed by atoms with Crippen molar-refractivity contribution in [1.29, 1.82) is 0 Å². The summed E-state index contributed by atoms with van der Waals surface area (Å²) in [5, 5.41) is 10.6. The standard InChI is InChI=1S/C26H35N2O9P/c1-18-9-5-3-6-10-19(2)36-26(31)25-20(15-22(16-23(25)29)37-38(32,33)34)14-21(13-18)27-35-17-24(30)28-11-7-4-8-12-28/h3,6,13-16,19,27,29H,4-5,7-12,17H2,1-2H3,(H2,32,33,34)/b6-3?,18-13+,21-14-/t19-/m1/s1. The molecule has 1 atom stereocenters. The fourth-order valence-corrected chi connectivity index (χ4v) is 4.56. The molecule has 0 bridgehead atoms. The van der Waals surface area contributed by atoms with Gasteiger partial charge in [-0.15, -0.1) is 0 Å². The van der Waals surface area contributed by atoms with Crippen LogP contribution in [0, 0.1) is 0 Å². The lowest BCUT2D eigenvalue weighted by Gasteiger charge is -2.26. The van der Waals surface area contributed by atoms with E-state index in [2.05, 4.69) is 10.0 Å². The molecule has 0 radical (unpaired) electrons. The van der Waals surface area contributed by atoms with Gasteiger partial charge in [0, 0.05) is 25.6 Å². The summed E-state index contributed by atoms with van der Waals surface area (Å²) in [5.41, 5.74) is 3.89. The number of hydrogen-bond donors (Lipinski definition) is 4. The number of phosphoric acid groups is 1. The smallest absolute Gasteiger partial charge is 0.507 e. The highest BCUT2D eigenvalue weighted by Crippen LogP contribution is 2.40. The van der Waals surface area contributed by atoms with Crippen molar-refractivity contribution in [2.75, 3.05) is 19.7 Å². The van der Waals surface area contributed by atoms with E-state index in [-0.39, 0.29) is 29.4 Å². The number of nitrogens with zero attached hydrogens (tertiary/aromatic N) is 1. The molecule has 1 saturated heterocycles. The molecule has 0 aromatic heterocycles. The van der Waals surface area contributed by atoms with E-state index >= 15 is 0 Å². The van der Waals surface area contributed by atoms with Gasteiger partial charge in [-0.3, -0.25) is 24.9 Å². The molecule has 1 aromatic rings. The third kappa shape index (κ3) is 9.33. The number of fused-ring (bicyclic) bond motifs is 1. The summed E-state index contributed by atoms with van der Waals surface area (Å²) in [6.45, 7) is 4.79. The van der Waals surface area contributed by atoms with Crippen LogP contribution in [0.2, 0.25) is 0 Å². The number of hydroxylamine groups is 1. The van der Waals surface area contributed by atoms with Gasteiger partial charge in [-0.1, -0.05) is 17.7 Å². The van der Waals surface area contributed by atoms with Crippen molar-refractivity contribution in [1.82, 2.24) is 10.4 Å². The number of piperidine rings is 1. The van der Waals surface area contributed by atoms with Crippen molar-refractivity contribution in [3.8, 4) is 11.5 Å². The second kappa shape index (κ2) is 13.6. The van der Waals surface area contributed by atoms with Crippen LogP contribution in [-0.2, 0) is 18.9 Å². The minimum atomic E-state index is -4.94. The molecule has 2 aliphatic rings. The van der Waals surface area contributed by atoms with Crippen LogP contribution in [-0.4, -0.2) is 57.5 Å². The molecule has 0 unspecified atom stereocenters. The van der Waals surface area contributed by atoms with Crippen LogP contribution in [0.5, 0.6) is 11.5 Å². The number of esters is 1. The summed E-state index contributed by atoms with van der Waals surface area (Å²) >= 11 is 0. The van der Waals surface area contributed by atoms with Gasteiger partial charge < -0.3 is 19.3 Å². The largest absolute Gasteiger partial charge is 0.524 e. The van der Waals surface area contributed by atoms with Crippen molar-refractivity contribution >= 4 is 25.8 Å². The summed E-state index contributed by atoms with van der Waals surface area (Å²) < 4.78 is 21.5. The normalized spacial score (nSPS) is 22.2. The zero-order chi connectivity index (χ0) is 27.7. The first-order valence-corrected chi connectivity index (χ1v) is 14.1. The summed E-state index contributed by atoms with van der Waals surface area (Å²) in [6.07, 6.45) is 11.6. The van der Waals surface area contributed by atoms with Crippen LogP contribution in [0.25, 0.3) is 6.08 Å². The maximum Gasteiger partial charge on any atom is 0.524 e. The number of nitrogens with one attached hydrogen (secondary N) is 1. The number of ether oxygens (including phenoxy) is 1. The van der Waals surface area contributed by atoms with Gasteiger partial charge in [0.25, 0.3) is 5.91 Å². The lowest BCUT2D eigenvalue weighted by Crippen LogP contribution is -2.39. The number of carbonyl (C=O) groups is 2. The zero-order valence-electron chi connectivity index (χ0n) is 21.6. The van der Waals surface area contributed by atoms with Crippen LogP contribution in [0.4, 0.5) is 0 Å². The number of allylic oxidation sites excluding steroid dienone is 3. The molecule has 0 spiro atoms. The van der Waals surface area contributed by atoms with Crippen LogP contribution >= 0.6 is 7.82 Å². The Morgan fingerprint density at radius 3 is 2.63 bits per heavy atom. The maximum atomic E-state index is 13.0. The summed E-state index contributed by atoms with van der Waals surface area (Å²) in [6, 6.07) is 2.14. The molecule has 2 aliphatic heterocycles. The van der Waals surface area contributed by atoms with E-state index in [1.54, 1.807) is 17.9 Å². The third-order valence-electron chi connectivity index (χ3n) is 6.01. The summed E-state index contributed by atoms with van der Waals surface area (Å²) in [7, 11) is -4.94. The number of benzene rings is 1. The number of carbonyl (C=O) groups excluding carboxylic acids is 2. The highest BCUT2D eigenvalue weighted by Gasteiger charge is 2.24. The van der Waals surface area contributed by atoms with Crippen molar-refractivity contribution in [2.45, 2.75) is 58.5 Å². The summed E-state index contributed by atoms with van der Waals surface area (Å²) in [5.74, 6) is -1.91. The number of aromatic hydroxyl groups is 1. The van der Waals surface area contributed by atoms with E-state index in [4.69, 9.17) is 9.57 Å². The van der Waals surface area contributed by atoms with E-state index in [1.807, 2.05) is 19.1 Å². The molecule has 38 heavy (non-hydrogen) atoms. The van der Waals surface area contributed by atoms with Crippen LogP contribution in [0.15, 0.2) is 41.6 Å². The second-order valence-electron chi connectivity index (χ2n) is 9.37. The van der Waals surface area contributed by atoms with Gasteiger partial charge in [0.15, 0.2) is 6.61 Å². The molecule has 4 N–H and O–H groups in total. The van der Waals surface area contributed by atoms with E-state index < -0.39 is 25.6 Å². The first kappa shape index (κ1) is 29.4. The number of amides is 1. The van der Waals surface area contributed by atoms with Gasteiger partial charge in [-0.25, -0.2) is 9.36 Å². The molecule has 11 nitrogen and oxygen atoms in total. The molecule has 12 heteroatoms. The molecule has 3 rings (SSSR count). The minimum Gasteiger partial charge on any atom is -0.507 e. The average Bonchev–Trinajstić information content (AvgIpc) is 2.82. The van der Waals surface area contributed by atoms with Gasteiger partial charge in [0.05, 0.1) is 5.70 Å². The van der Waals surface area contributed by atoms with Gasteiger partial charge >= 0.3 is 13.8 Å². The Morgan fingerprint density at radius 2 is 1.92 bits per heavy atom. The Bertz CT molecular complexity index is 1150. The molecule has 1 amide bonds. The number of likely N-dealkylation sites (tertiary alicyclic amines) is 1. The predicted octanol–water partition coefficient (Wildman–Crippen LogP) is 3.97. The van der Waals surface area contributed by atoms with E-state index in [1.165, 1.54) is 12.1 Å². The Labute approximate surface area is 222 Å². The summed E-state index contributed by atoms with van der Waals surface area (Å²) in [4.78, 5) is 51.2. The van der Waals surface area contributed by atoms with Gasteiger partial charge in [0.2, 0.25) is 0 Å². The maximum absolute atomic E-state index is 13.0. The Morgan fingerprint density at radius 1 is 1.18 bits per heavy atom. The number of hydrogen-bond acceptors (Lipinski definition) is 8. The van der Waals surface area contributed by atoms with Gasteiger partial charge in [0.1, 0.15) is 23.2 Å². The van der Waals surface area contributed by atoms with Crippen LogP contribution in [0.1, 0.15) is 68.3 Å². The molecule has 0 aliphatic carbocycles. The molecular formula is C26H35N2O9P. The van der Waals surface area contributed by atoms with Crippen molar-refractivity contribution in [3.05, 3.63) is 52.8 Å². The first-order chi connectivity index (χ1) is 18.0. The van der Waals surface area contributed by atoms with Crippen molar-refractivity contribution < 1.29 is 43.1 Å². The minimum absolute atomic E-state index is 0.0655. The molecule has 208 valence electrons. The van der Waals surface area contributed by atoms with Gasteiger partial charge in [-0.2, -0.15) is 0 Å². The Balaban J connectivity index is 1.97. The van der Waals surface area contributed by atoms with E-state index in [0.29, 0.717) is 25.2 Å². The SMILES string of the molecule is C/C1=C\C(NOCC(=O)N2CCCCC2)=C\c2cc(OP(=O)(O)O)cc(O)c2C(=O)O[C@H](C)CC=CCC1. The quantitative estimate of drug-likeness (QED) is 0.177. The van der Waals surface area contributed by atoms with E-state index in [9.17, 15) is 29.0 Å². The number of phosphoric ester groups is 1. The monoisotopic (exact) mass is 550 g/mol. The number of phenolic OH excluding ortho intramolecular Hbond substituents is 1. The zero-order valence-corrected chi connectivity index (χ0v) is 22.5. The number of cyclic esters (lactones) is 1. The highest BCUT2D eigenvalue weighted by molar-refractivity contribution is 7.46. The highest BCUT2D eigenvalue weighted by atomic mass is 31.2. The van der Waals surface area contributed by atoms with Crippen LogP contribution < -0.4 is 10.0 Å². The third-order valence-corrected chi connectivity index (χ3v) is 6.45. The predicted molar refractivity (Wildman–Crippen MR) is 140 cm³/mol. The number of rotatable bonds is 6. The molecular weight excluding hydrogens is 515 g/mol. The lowest BCUT2D eigenvalue weighted by atomic mass is 10.0. The first-order valence-electron chi connectivity index (χ1n) is 12.5. The Kier molecular flexibility index (Phi) is 10.6. The molecule has 0 saturated carbocycles. The van der Waals surface area contributed by atoms with Crippen molar-refractivity contribution in [2.24, 2.45) is 0 Å². The van der Waals surface area contributed by atoms with Gasteiger partial charge in [-0.05, 0) is 69.7 Å².